The normalized spacial score (nSPS) is 14.1. The van der Waals surface area contributed by atoms with Crippen LogP contribution in [0.5, 0.6) is 5.75 Å². The van der Waals surface area contributed by atoms with Crippen molar-refractivity contribution in [1.82, 2.24) is 9.78 Å². The van der Waals surface area contributed by atoms with Crippen LogP contribution in [0.2, 0.25) is 0 Å². The van der Waals surface area contributed by atoms with Crippen molar-refractivity contribution in [3.05, 3.63) is 47.8 Å². The van der Waals surface area contributed by atoms with Gasteiger partial charge >= 0.3 is 12.1 Å². The van der Waals surface area contributed by atoms with E-state index in [1.807, 2.05) is 0 Å². The second-order valence-corrected chi connectivity index (χ2v) is 4.43. The number of hydrogen-bond donors (Lipinski definition) is 0. The molecule has 0 unspecified atom stereocenters. The summed E-state index contributed by atoms with van der Waals surface area (Å²) in [5, 5.41) is 3.37. The molecule has 2 rings (SSSR count). The molecule has 1 heterocycles. The van der Waals surface area contributed by atoms with Crippen molar-refractivity contribution < 1.29 is 34.2 Å². The van der Waals surface area contributed by atoms with Gasteiger partial charge in [-0.1, -0.05) is 12.1 Å². The second kappa shape index (κ2) is 6.35. The van der Waals surface area contributed by atoms with Crippen LogP contribution in [0.3, 0.4) is 0 Å². The van der Waals surface area contributed by atoms with E-state index in [1.54, 1.807) is 0 Å². The molecule has 1 aromatic carbocycles. The van der Waals surface area contributed by atoms with Gasteiger partial charge in [-0.25, -0.2) is 0 Å². The summed E-state index contributed by atoms with van der Waals surface area (Å²) in [6, 6.07) is 5.21. The molecule has 0 aliphatic rings. The molecule has 4 nitrogen and oxygen atoms in total. The van der Waals surface area contributed by atoms with Crippen molar-refractivity contribution in [1.29, 1.82) is 0 Å². The number of alkyl halides is 5. The van der Waals surface area contributed by atoms with Crippen LogP contribution in [0.4, 0.5) is 22.0 Å². The topological polar surface area (TPSA) is 44.1 Å². The Morgan fingerprint density at radius 3 is 2.57 bits per heavy atom. The van der Waals surface area contributed by atoms with Crippen molar-refractivity contribution in [3.63, 3.8) is 0 Å². The molecule has 0 aliphatic heterocycles. The lowest BCUT2D eigenvalue weighted by molar-refractivity contribution is -0.143. The summed E-state index contributed by atoms with van der Waals surface area (Å²) >= 11 is 0. The molecule has 0 radical (unpaired) electrons. The molecule has 23 heavy (non-hydrogen) atoms. The maximum atomic E-state index is 13.6. The highest BCUT2D eigenvalue weighted by molar-refractivity contribution is 5.65. The van der Waals surface area contributed by atoms with Crippen LogP contribution in [0, 0.1) is 0 Å². The van der Waals surface area contributed by atoms with Gasteiger partial charge in [0.05, 0.1) is 14.0 Å². The first kappa shape index (κ1) is 14.2. The van der Waals surface area contributed by atoms with Crippen molar-refractivity contribution in [2.75, 3.05) is 0 Å². The van der Waals surface area contributed by atoms with Crippen molar-refractivity contribution >= 4 is 6.29 Å². The molecule has 9 heteroatoms. The number of hydrogen-bond acceptors (Lipinski definition) is 3. The van der Waals surface area contributed by atoms with Gasteiger partial charge in [0, 0.05) is 6.20 Å². The lowest BCUT2D eigenvalue weighted by Gasteiger charge is -2.16. The smallest absolute Gasteiger partial charge is 0.408 e. The summed E-state index contributed by atoms with van der Waals surface area (Å²) in [5.74, 6) is -4.62. The predicted molar refractivity (Wildman–Crippen MR) is 69.0 cm³/mol. The molecule has 0 aliphatic carbocycles. The number of carbonyl (C=O) groups is 1. The van der Waals surface area contributed by atoms with Gasteiger partial charge in [0.25, 0.3) is 0 Å². The van der Waals surface area contributed by atoms with E-state index in [9.17, 15) is 26.7 Å². The van der Waals surface area contributed by atoms with Gasteiger partial charge < -0.3 is 4.74 Å². The molecule has 0 amide bonds. The van der Waals surface area contributed by atoms with Crippen LogP contribution in [-0.2, 0) is 23.8 Å². The Bertz CT molecular complexity index is 762. The fourth-order valence-corrected chi connectivity index (χ4v) is 1.72. The number of para-hydroxylation sites is 1. The molecular weight excluding hydrogens is 323 g/mol. The third kappa shape index (κ3) is 4.27. The predicted octanol–water partition coefficient (Wildman–Crippen LogP) is 3.32. The van der Waals surface area contributed by atoms with E-state index in [0.717, 1.165) is 24.4 Å². The van der Waals surface area contributed by atoms with Crippen molar-refractivity contribution in [2.45, 2.75) is 25.2 Å². The average Bonchev–Trinajstić information content (AvgIpc) is 2.94. The lowest BCUT2D eigenvalue weighted by atomic mass is 10.1. The number of aldehydes is 1. The van der Waals surface area contributed by atoms with Crippen LogP contribution < -0.4 is 4.74 Å². The zero-order chi connectivity index (χ0) is 18.9. The minimum atomic E-state index is -4.67. The van der Waals surface area contributed by atoms with Crippen molar-refractivity contribution in [2.24, 2.45) is 0 Å². The second-order valence-electron chi connectivity index (χ2n) is 4.43. The summed E-state index contributed by atoms with van der Waals surface area (Å²) in [6.45, 7) is -4.48. The van der Waals surface area contributed by atoms with Crippen LogP contribution in [-0.4, -0.2) is 22.2 Å². The zero-order valence-corrected chi connectivity index (χ0v) is 11.3. The van der Waals surface area contributed by atoms with Crippen LogP contribution in [0.15, 0.2) is 36.5 Å². The third-order valence-corrected chi connectivity index (χ3v) is 2.71. The van der Waals surface area contributed by atoms with Gasteiger partial charge in [-0.15, -0.1) is 0 Å². The number of carbonyl (C=O) groups excluding carboxylic acids is 1. The Balaban J connectivity index is 2.38. The molecule has 0 fully saturated rings. The number of rotatable bonds is 6. The molecule has 0 spiro atoms. The number of ether oxygens (including phenoxy) is 1. The number of nitrogens with zero attached hydrogens (tertiary/aromatic N) is 2. The van der Waals surface area contributed by atoms with E-state index in [1.165, 1.54) is 12.1 Å². The van der Waals surface area contributed by atoms with Gasteiger partial charge in [0.15, 0.2) is 6.29 Å². The minimum absolute atomic E-state index is 0.320. The largest absolute Gasteiger partial charge is 0.487 e. The Hall–Kier alpha value is -2.45. The summed E-state index contributed by atoms with van der Waals surface area (Å²) in [6.07, 6.45) is -4.38. The summed E-state index contributed by atoms with van der Waals surface area (Å²) in [4.78, 5) is 10.5. The number of halogens is 5. The fraction of sp³-hybridized carbons (Fsp3) is 0.286. The first-order valence-corrected chi connectivity index (χ1v) is 6.18. The Morgan fingerprint density at radius 2 is 1.91 bits per heavy atom. The van der Waals surface area contributed by atoms with Crippen LogP contribution >= 0.6 is 0 Å². The maximum Gasteiger partial charge on any atom is 0.408 e. The highest BCUT2D eigenvalue weighted by atomic mass is 19.4. The zero-order valence-electron chi connectivity index (χ0n) is 13.3. The Morgan fingerprint density at radius 1 is 1.22 bits per heavy atom. The summed E-state index contributed by atoms with van der Waals surface area (Å²) in [7, 11) is 0. The molecule has 0 atom stereocenters. The van der Waals surface area contributed by atoms with Gasteiger partial charge in [0.2, 0.25) is 0 Å². The first-order chi connectivity index (χ1) is 11.5. The minimum Gasteiger partial charge on any atom is -0.487 e. The lowest BCUT2D eigenvalue weighted by Crippen LogP contribution is -2.21. The molecule has 2 aromatic rings. The first-order valence-electron chi connectivity index (χ1n) is 7.18. The molecule has 0 bridgehead atoms. The van der Waals surface area contributed by atoms with E-state index in [2.05, 4.69) is 5.10 Å². The summed E-state index contributed by atoms with van der Waals surface area (Å²) < 4.78 is 85.6. The molecule has 1 aromatic heterocycles. The SMILES string of the molecule is [2H]C([2H])(Oc1ccccc1C(F)(F)C=O)c1ccnn1CC(F)(F)F. The highest BCUT2D eigenvalue weighted by Gasteiger charge is 2.34. The third-order valence-electron chi connectivity index (χ3n) is 2.71. The van der Waals surface area contributed by atoms with E-state index in [-0.39, 0.29) is 0 Å². The molecule has 0 N–H and O–H groups in total. The van der Waals surface area contributed by atoms with Gasteiger partial charge in [-0.3, -0.25) is 9.48 Å². The molecule has 0 saturated heterocycles. The molecule has 124 valence electrons. The highest BCUT2D eigenvalue weighted by Crippen LogP contribution is 2.33. The van der Waals surface area contributed by atoms with Crippen LogP contribution in [0.25, 0.3) is 0 Å². The van der Waals surface area contributed by atoms with Gasteiger partial charge in [0.1, 0.15) is 18.9 Å². The number of benzene rings is 1. The van der Waals surface area contributed by atoms with Gasteiger partial charge in [-0.05, 0) is 18.2 Å². The number of aromatic nitrogens is 2. The van der Waals surface area contributed by atoms with E-state index < -0.39 is 48.5 Å². The van der Waals surface area contributed by atoms with Gasteiger partial charge in [-0.2, -0.15) is 27.1 Å². The summed E-state index contributed by atoms with van der Waals surface area (Å²) in [5.41, 5.74) is -1.52. The van der Waals surface area contributed by atoms with E-state index >= 15 is 0 Å². The Labute approximate surface area is 130 Å². The Kier molecular flexibility index (Phi) is 3.91. The van der Waals surface area contributed by atoms with Crippen LogP contribution in [0.1, 0.15) is 14.0 Å². The maximum absolute atomic E-state index is 13.6. The van der Waals surface area contributed by atoms with Crippen molar-refractivity contribution in [3.8, 4) is 5.75 Å². The molecular formula is C14H11F5N2O2. The van der Waals surface area contributed by atoms with E-state index in [4.69, 9.17) is 7.48 Å². The average molecular weight is 336 g/mol. The quantitative estimate of drug-likeness (QED) is 0.600. The molecule has 0 saturated carbocycles. The monoisotopic (exact) mass is 336 g/mol. The standard InChI is InChI=1S/C14H11F5N2O2/c15-13(16,9-22)11-3-1-2-4-12(11)23-7-10-5-6-20-21(10)8-14(17,18)19/h1-6,9H,7-8H2/i7D2. The van der Waals surface area contributed by atoms with E-state index in [0.29, 0.717) is 4.68 Å². The fourth-order valence-electron chi connectivity index (χ4n) is 1.72.